The van der Waals surface area contributed by atoms with Crippen LogP contribution in [0.3, 0.4) is 0 Å². The predicted molar refractivity (Wildman–Crippen MR) is 53.9 cm³/mol. The topological polar surface area (TPSA) is 55.1 Å². The number of hydrogen-bond donors (Lipinski definition) is 2. The molecule has 3 N–H and O–H groups in total. The van der Waals surface area contributed by atoms with E-state index in [1.807, 2.05) is 20.8 Å². The first-order valence-electron chi connectivity index (χ1n) is 4.43. The number of terminal acetylenes is 1. The Labute approximate surface area is 80.1 Å². The maximum absolute atomic E-state index is 10.7. The molecule has 0 saturated heterocycles. The Morgan fingerprint density at radius 3 is 2.54 bits per heavy atom. The summed E-state index contributed by atoms with van der Waals surface area (Å²) < 4.78 is 0. The molecular formula is C10H18N2O. The van der Waals surface area contributed by atoms with E-state index in [0.29, 0.717) is 6.42 Å². The van der Waals surface area contributed by atoms with Crippen molar-refractivity contribution >= 4 is 5.91 Å². The van der Waals surface area contributed by atoms with Crippen molar-refractivity contribution in [3.05, 3.63) is 0 Å². The summed E-state index contributed by atoms with van der Waals surface area (Å²) in [4.78, 5) is 10.7. The monoisotopic (exact) mass is 182 g/mol. The van der Waals surface area contributed by atoms with Crippen LogP contribution in [-0.4, -0.2) is 17.5 Å². The van der Waals surface area contributed by atoms with Gasteiger partial charge in [-0.3, -0.25) is 10.1 Å². The SMILES string of the molecule is C#CC(CC)NC(C)(C)CC(N)=O. The quantitative estimate of drug-likeness (QED) is 0.613. The van der Waals surface area contributed by atoms with Crippen LogP contribution in [0, 0.1) is 12.3 Å². The van der Waals surface area contributed by atoms with E-state index >= 15 is 0 Å². The molecule has 0 aliphatic heterocycles. The van der Waals surface area contributed by atoms with Crippen LogP contribution in [0.15, 0.2) is 0 Å². The van der Waals surface area contributed by atoms with Gasteiger partial charge in [-0.2, -0.15) is 0 Å². The van der Waals surface area contributed by atoms with Gasteiger partial charge in [0.15, 0.2) is 0 Å². The van der Waals surface area contributed by atoms with E-state index in [1.54, 1.807) is 0 Å². The lowest BCUT2D eigenvalue weighted by Gasteiger charge is -2.28. The minimum atomic E-state index is -0.321. The van der Waals surface area contributed by atoms with E-state index in [-0.39, 0.29) is 17.5 Å². The predicted octanol–water partition coefficient (Wildman–Crippen LogP) is 0.642. The molecule has 0 fully saturated rings. The van der Waals surface area contributed by atoms with Gasteiger partial charge in [0.1, 0.15) is 0 Å². The zero-order chi connectivity index (χ0) is 10.5. The Bertz CT molecular complexity index is 215. The molecule has 0 aliphatic rings. The van der Waals surface area contributed by atoms with Crippen LogP contribution in [0.5, 0.6) is 0 Å². The summed E-state index contributed by atoms with van der Waals surface area (Å²) in [7, 11) is 0. The van der Waals surface area contributed by atoms with Gasteiger partial charge < -0.3 is 5.73 Å². The van der Waals surface area contributed by atoms with Crippen LogP contribution in [0.4, 0.5) is 0 Å². The fourth-order valence-corrected chi connectivity index (χ4v) is 1.22. The summed E-state index contributed by atoms with van der Waals surface area (Å²) in [6, 6.07) is 0.00866. The van der Waals surface area contributed by atoms with E-state index in [2.05, 4.69) is 11.2 Å². The van der Waals surface area contributed by atoms with Gasteiger partial charge >= 0.3 is 0 Å². The molecule has 1 unspecified atom stereocenters. The maximum atomic E-state index is 10.7. The van der Waals surface area contributed by atoms with Crippen LogP contribution < -0.4 is 11.1 Å². The summed E-state index contributed by atoms with van der Waals surface area (Å²) in [5.41, 5.74) is 4.79. The summed E-state index contributed by atoms with van der Waals surface area (Å²) in [5.74, 6) is 2.30. The van der Waals surface area contributed by atoms with E-state index < -0.39 is 0 Å². The molecule has 0 heterocycles. The molecule has 1 atom stereocenters. The van der Waals surface area contributed by atoms with E-state index in [9.17, 15) is 4.79 Å². The third kappa shape index (κ3) is 5.26. The largest absolute Gasteiger partial charge is 0.370 e. The highest BCUT2D eigenvalue weighted by molar-refractivity contribution is 5.75. The highest BCUT2D eigenvalue weighted by Gasteiger charge is 2.22. The number of carbonyl (C=O) groups is 1. The average molecular weight is 182 g/mol. The van der Waals surface area contributed by atoms with Crippen molar-refractivity contribution in [2.75, 3.05) is 0 Å². The lowest BCUT2D eigenvalue weighted by atomic mass is 9.98. The molecule has 3 heteroatoms. The van der Waals surface area contributed by atoms with E-state index in [0.717, 1.165) is 6.42 Å². The van der Waals surface area contributed by atoms with Gasteiger partial charge in [0.25, 0.3) is 0 Å². The van der Waals surface area contributed by atoms with Gasteiger partial charge in [0.05, 0.1) is 6.04 Å². The molecule has 0 rings (SSSR count). The summed E-state index contributed by atoms with van der Waals surface area (Å²) in [6.07, 6.45) is 6.44. The number of nitrogens with two attached hydrogens (primary N) is 1. The second-order valence-corrected chi connectivity index (χ2v) is 3.80. The summed E-state index contributed by atoms with van der Waals surface area (Å²) >= 11 is 0. The fraction of sp³-hybridized carbons (Fsp3) is 0.700. The van der Waals surface area contributed by atoms with Crippen LogP contribution in [0.25, 0.3) is 0 Å². The van der Waals surface area contributed by atoms with Gasteiger partial charge in [0, 0.05) is 12.0 Å². The van der Waals surface area contributed by atoms with Crippen LogP contribution in [0.2, 0.25) is 0 Å². The Hall–Kier alpha value is -1.01. The van der Waals surface area contributed by atoms with Crippen LogP contribution >= 0.6 is 0 Å². The molecule has 0 radical (unpaired) electrons. The number of rotatable bonds is 5. The Kier molecular flexibility index (Phi) is 4.50. The molecule has 0 aromatic carbocycles. The van der Waals surface area contributed by atoms with Crippen molar-refractivity contribution in [3.63, 3.8) is 0 Å². The third-order valence-corrected chi connectivity index (χ3v) is 1.79. The number of hydrogen-bond acceptors (Lipinski definition) is 2. The van der Waals surface area contributed by atoms with Crippen LogP contribution in [-0.2, 0) is 4.79 Å². The molecule has 0 aromatic rings. The Morgan fingerprint density at radius 2 is 2.23 bits per heavy atom. The van der Waals surface area contributed by atoms with Gasteiger partial charge in [-0.1, -0.05) is 12.8 Å². The molecule has 3 nitrogen and oxygen atoms in total. The highest BCUT2D eigenvalue weighted by atomic mass is 16.1. The lowest BCUT2D eigenvalue weighted by Crippen LogP contribution is -2.47. The van der Waals surface area contributed by atoms with Crippen LogP contribution in [0.1, 0.15) is 33.6 Å². The first-order valence-corrected chi connectivity index (χ1v) is 4.43. The van der Waals surface area contributed by atoms with Gasteiger partial charge in [-0.05, 0) is 20.3 Å². The molecule has 1 amide bonds. The zero-order valence-corrected chi connectivity index (χ0v) is 8.55. The zero-order valence-electron chi connectivity index (χ0n) is 8.55. The number of amides is 1. The maximum Gasteiger partial charge on any atom is 0.219 e. The molecule has 74 valence electrons. The van der Waals surface area contributed by atoms with Crippen molar-refractivity contribution in [2.45, 2.75) is 45.2 Å². The second kappa shape index (κ2) is 4.88. The average Bonchev–Trinajstić information content (AvgIpc) is 1.97. The third-order valence-electron chi connectivity index (χ3n) is 1.79. The van der Waals surface area contributed by atoms with Crippen molar-refractivity contribution in [3.8, 4) is 12.3 Å². The molecule has 0 bridgehead atoms. The number of nitrogens with one attached hydrogen (secondary N) is 1. The number of primary amides is 1. The fourth-order valence-electron chi connectivity index (χ4n) is 1.22. The molecule has 0 saturated carbocycles. The van der Waals surface area contributed by atoms with Crippen molar-refractivity contribution in [2.24, 2.45) is 5.73 Å². The van der Waals surface area contributed by atoms with E-state index in [1.165, 1.54) is 0 Å². The van der Waals surface area contributed by atoms with Gasteiger partial charge in [0.2, 0.25) is 5.91 Å². The van der Waals surface area contributed by atoms with Crippen molar-refractivity contribution < 1.29 is 4.79 Å². The Balaban J connectivity index is 4.16. The molecule has 0 aliphatic carbocycles. The second-order valence-electron chi connectivity index (χ2n) is 3.80. The lowest BCUT2D eigenvalue weighted by molar-refractivity contribution is -0.119. The highest BCUT2D eigenvalue weighted by Crippen LogP contribution is 2.09. The van der Waals surface area contributed by atoms with E-state index in [4.69, 9.17) is 12.2 Å². The minimum Gasteiger partial charge on any atom is -0.370 e. The van der Waals surface area contributed by atoms with Crippen molar-refractivity contribution in [1.29, 1.82) is 0 Å². The summed E-state index contributed by atoms with van der Waals surface area (Å²) in [5, 5.41) is 3.19. The molecular weight excluding hydrogens is 164 g/mol. The molecule has 13 heavy (non-hydrogen) atoms. The standard InChI is InChI=1S/C10H18N2O/c1-5-8(6-2)12-10(3,4)7-9(11)13/h1,8,12H,6-7H2,2-4H3,(H2,11,13). The van der Waals surface area contributed by atoms with Crippen molar-refractivity contribution in [1.82, 2.24) is 5.32 Å². The normalized spacial score (nSPS) is 13.4. The Morgan fingerprint density at radius 1 is 1.69 bits per heavy atom. The summed E-state index contributed by atoms with van der Waals surface area (Å²) in [6.45, 7) is 5.83. The smallest absolute Gasteiger partial charge is 0.219 e. The first kappa shape index (κ1) is 12.0. The number of carbonyl (C=O) groups excluding carboxylic acids is 1. The van der Waals surface area contributed by atoms with Gasteiger partial charge in [-0.15, -0.1) is 6.42 Å². The minimum absolute atomic E-state index is 0.00866. The molecule has 0 spiro atoms. The first-order chi connectivity index (χ1) is 5.91. The molecule has 0 aromatic heterocycles. The van der Waals surface area contributed by atoms with Gasteiger partial charge in [-0.25, -0.2) is 0 Å².